The third-order valence-electron chi connectivity index (χ3n) is 4.53. The lowest BCUT2D eigenvalue weighted by atomic mass is 10.1. The molecular weight excluding hydrogens is 412 g/mol. The minimum absolute atomic E-state index is 0.0959. The van der Waals surface area contributed by atoms with Crippen LogP contribution in [0.15, 0.2) is 42.5 Å². The fourth-order valence-corrected chi connectivity index (χ4v) is 3.07. The summed E-state index contributed by atoms with van der Waals surface area (Å²) in [5, 5.41) is 0. The van der Waals surface area contributed by atoms with E-state index >= 15 is 0 Å². The lowest BCUT2D eigenvalue weighted by Crippen LogP contribution is -2.46. The molecule has 1 atom stereocenters. The van der Waals surface area contributed by atoms with Crippen LogP contribution in [0.5, 0.6) is 11.5 Å². The summed E-state index contributed by atoms with van der Waals surface area (Å²) in [6.07, 6.45) is -0.170. The van der Waals surface area contributed by atoms with Crippen LogP contribution in [-0.4, -0.2) is 37.5 Å². The number of hydrogen-bond acceptors (Lipinski definition) is 5. The van der Waals surface area contributed by atoms with Crippen LogP contribution < -0.4 is 25.2 Å². The van der Waals surface area contributed by atoms with E-state index in [1.807, 2.05) is 6.92 Å². The Labute approximate surface area is 177 Å². The summed E-state index contributed by atoms with van der Waals surface area (Å²) in [7, 11) is 0. The zero-order valence-electron chi connectivity index (χ0n) is 16.7. The van der Waals surface area contributed by atoms with Gasteiger partial charge in [-0.25, -0.2) is 8.78 Å². The first-order chi connectivity index (χ1) is 14.9. The fraction of sp³-hybridized carbons (Fsp3) is 0.286. The number of hydrogen-bond donors (Lipinski definition) is 2. The highest BCUT2D eigenvalue weighted by molar-refractivity contribution is 6.00. The van der Waals surface area contributed by atoms with Gasteiger partial charge in [-0.1, -0.05) is 12.1 Å². The molecule has 1 heterocycles. The zero-order valence-corrected chi connectivity index (χ0v) is 16.7. The van der Waals surface area contributed by atoms with E-state index in [0.717, 1.165) is 17.0 Å². The Hall–Kier alpha value is -3.69. The minimum Gasteiger partial charge on any atom is -0.490 e. The van der Waals surface area contributed by atoms with E-state index in [2.05, 4.69) is 10.9 Å². The van der Waals surface area contributed by atoms with Gasteiger partial charge in [-0.15, -0.1) is 0 Å². The molecule has 1 aliphatic rings. The summed E-state index contributed by atoms with van der Waals surface area (Å²) in [6, 6.07) is 9.67. The van der Waals surface area contributed by atoms with Crippen LogP contribution in [0, 0.1) is 17.6 Å². The Morgan fingerprint density at radius 1 is 1.10 bits per heavy atom. The topological polar surface area (TPSA) is 97.0 Å². The van der Waals surface area contributed by atoms with Crippen LogP contribution in [0.4, 0.5) is 14.5 Å². The second kappa shape index (κ2) is 9.88. The number of nitrogens with zero attached hydrogens (tertiary/aromatic N) is 1. The van der Waals surface area contributed by atoms with Gasteiger partial charge in [0.15, 0.2) is 18.1 Å². The third-order valence-corrected chi connectivity index (χ3v) is 4.53. The number of halogens is 2. The highest BCUT2D eigenvalue weighted by Crippen LogP contribution is 2.28. The summed E-state index contributed by atoms with van der Waals surface area (Å²) in [6.45, 7) is 1.78. The Kier molecular flexibility index (Phi) is 7.01. The first-order valence-corrected chi connectivity index (χ1v) is 9.57. The normalized spacial score (nSPS) is 15.5. The molecule has 0 radical (unpaired) electrons. The molecule has 2 aromatic carbocycles. The molecule has 0 saturated carbocycles. The first kappa shape index (κ1) is 22.0. The smallest absolute Gasteiger partial charge is 0.276 e. The average molecular weight is 433 g/mol. The van der Waals surface area contributed by atoms with E-state index in [-0.39, 0.29) is 25.3 Å². The van der Waals surface area contributed by atoms with Gasteiger partial charge in [0.25, 0.3) is 5.91 Å². The van der Waals surface area contributed by atoms with Gasteiger partial charge in [0.1, 0.15) is 11.6 Å². The molecule has 1 saturated heterocycles. The molecule has 0 spiro atoms. The van der Waals surface area contributed by atoms with Gasteiger partial charge in [0, 0.05) is 19.0 Å². The van der Waals surface area contributed by atoms with Gasteiger partial charge in [-0.2, -0.15) is 0 Å². The van der Waals surface area contributed by atoms with Crippen molar-refractivity contribution in [2.75, 3.05) is 24.7 Å². The number of nitrogens with one attached hydrogen (secondary N) is 2. The molecule has 0 aliphatic carbocycles. The molecule has 2 N–H and O–H groups in total. The number of para-hydroxylation sites is 2. The average Bonchev–Trinajstić information content (AvgIpc) is 3.13. The van der Waals surface area contributed by atoms with E-state index < -0.39 is 35.3 Å². The summed E-state index contributed by atoms with van der Waals surface area (Å²) in [4.78, 5) is 37.5. The molecule has 3 amide bonds. The van der Waals surface area contributed by atoms with E-state index in [4.69, 9.17) is 9.47 Å². The fourth-order valence-electron chi connectivity index (χ4n) is 3.07. The van der Waals surface area contributed by atoms with Gasteiger partial charge in [0.05, 0.1) is 18.2 Å². The molecule has 2 aromatic rings. The molecule has 1 fully saturated rings. The lowest BCUT2D eigenvalue weighted by Gasteiger charge is -2.17. The maximum atomic E-state index is 13.9. The van der Waals surface area contributed by atoms with E-state index in [1.54, 1.807) is 24.3 Å². The number of rotatable bonds is 7. The molecule has 1 aliphatic heterocycles. The maximum Gasteiger partial charge on any atom is 0.276 e. The maximum absolute atomic E-state index is 13.9. The largest absolute Gasteiger partial charge is 0.490 e. The van der Waals surface area contributed by atoms with E-state index in [1.165, 1.54) is 0 Å². The molecule has 3 rings (SSSR count). The molecule has 164 valence electrons. The van der Waals surface area contributed by atoms with Crippen molar-refractivity contribution in [2.24, 2.45) is 5.92 Å². The number of carbonyl (C=O) groups excluding carboxylic acids is 3. The Morgan fingerprint density at radius 3 is 2.48 bits per heavy atom. The van der Waals surface area contributed by atoms with Gasteiger partial charge in [0.2, 0.25) is 11.8 Å². The molecule has 8 nitrogen and oxygen atoms in total. The Balaban J connectivity index is 1.49. The summed E-state index contributed by atoms with van der Waals surface area (Å²) in [5.74, 6) is -3.32. The predicted molar refractivity (Wildman–Crippen MR) is 106 cm³/mol. The van der Waals surface area contributed by atoms with Gasteiger partial charge < -0.3 is 14.4 Å². The Bertz CT molecular complexity index is 985. The first-order valence-electron chi connectivity index (χ1n) is 9.57. The standard InChI is InChI=1S/C21H21F2N3O5/c1-2-30-17-5-3-4-6-18(17)31-12-19(27)24-25-21(29)13-9-20(28)26(11-13)16-8-7-14(22)10-15(16)23/h3-8,10,13H,2,9,11-12H2,1H3,(H,24,27)(H,25,29). The number of benzene rings is 2. The van der Waals surface area contributed by atoms with Crippen LogP contribution in [0.2, 0.25) is 0 Å². The minimum atomic E-state index is -0.896. The number of amides is 3. The molecular formula is C21H21F2N3O5. The van der Waals surface area contributed by atoms with Crippen LogP contribution in [0.1, 0.15) is 13.3 Å². The van der Waals surface area contributed by atoms with Crippen LogP contribution in [-0.2, 0) is 14.4 Å². The SMILES string of the molecule is CCOc1ccccc1OCC(=O)NNC(=O)C1CC(=O)N(c2ccc(F)cc2F)C1. The summed E-state index contributed by atoms with van der Waals surface area (Å²) < 4.78 is 37.8. The number of anilines is 1. The second-order valence-corrected chi connectivity index (χ2v) is 6.71. The molecule has 1 unspecified atom stereocenters. The summed E-state index contributed by atoms with van der Waals surface area (Å²) in [5.41, 5.74) is 4.34. The molecule has 10 heteroatoms. The van der Waals surface area contributed by atoms with Crippen molar-refractivity contribution < 1.29 is 32.6 Å². The highest BCUT2D eigenvalue weighted by Gasteiger charge is 2.36. The van der Waals surface area contributed by atoms with Gasteiger partial charge >= 0.3 is 0 Å². The quantitative estimate of drug-likeness (QED) is 0.651. The predicted octanol–water partition coefficient (Wildman–Crippen LogP) is 1.94. The molecule has 31 heavy (non-hydrogen) atoms. The summed E-state index contributed by atoms with van der Waals surface area (Å²) >= 11 is 0. The van der Waals surface area contributed by atoms with Crippen molar-refractivity contribution in [3.63, 3.8) is 0 Å². The number of ether oxygens (including phenoxy) is 2. The van der Waals surface area contributed by atoms with Crippen molar-refractivity contribution in [1.82, 2.24) is 10.9 Å². The van der Waals surface area contributed by atoms with Crippen LogP contribution in [0.3, 0.4) is 0 Å². The number of carbonyl (C=O) groups is 3. The lowest BCUT2D eigenvalue weighted by molar-refractivity contribution is -0.132. The van der Waals surface area contributed by atoms with Gasteiger partial charge in [-0.05, 0) is 31.2 Å². The van der Waals surface area contributed by atoms with Crippen molar-refractivity contribution in [3.8, 4) is 11.5 Å². The second-order valence-electron chi connectivity index (χ2n) is 6.71. The highest BCUT2D eigenvalue weighted by atomic mass is 19.1. The van der Waals surface area contributed by atoms with E-state index in [9.17, 15) is 23.2 Å². The molecule has 0 aromatic heterocycles. The third kappa shape index (κ3) is 5.47. The van der Waals surface area contributed by atoms with Crippen LogP contribution >= 0.6 is 0 Å². The van der Waals surface area contributed by atoms with Crippen molar-refractivity contribution in [3.05, 3.63) is 54.1 Å². The van der Waals surface area contributed by atoms with Gasteiger partial charge in [-0.3, -0.25) is 25.2 Å². The van der Waals surface area contributed by atoms with Crippen molar-refractivity contribution in [2.45, 2.75) is 13.3 Å². The molecule has 0 bridgehead atoms. The Morgan fingerprint density at radius 2 is 1.81 bits per heavy atom. The van der Waals surface area contributed by atoms with E-state index in [0.29, 0.717) is 24.2 Å². The van der Waals surface area contributed by atoms with Crippen molar-refractivity contribution in [1.29, 1.82) is 0 Å². The van der Waals surface area contributed by atoms with Crippen molar-refractivity contribution >= 4 is 23.4 Å². The zero-order chi connectivity index (χ0) is 22.4. The van der Waals surface area contributed by atoms with Crippen LogP contribution in [0.25, 0.3) is 0 Å². The number of hydrazine groups is 1. The monoisotopic (exact) mass is 433 g/mol.